The van der Waals surface area contributed by atoms with Crippen LogP contribution in [0.4, 0.5) is 0 Å². The highest BCUT2D eigenvalue weighted by molar-refractivity contribution is 9.09. The second kappa shape index (κ2) is 7.64. The van der Waals surface area contributed by atoms with Crippen molar-refractivity contribution in [2.24, 2.45) is 0 Å². The molecule has 3 heteroatoms. The van der Waals surface area contributed by atoms with Crippen LogP contribution < -0.4 is 0 Å². The summed E-state index contributed by atoms with van der Waals surface area (Å²) < 4.78 is 5.17. The first kappa shape index (κ1) is 13.5. The van der Waals surface area contributed by atoms with E-state index in [1.807, 2.05) is 0 Å². The lowest BCUT2D eigenvalue weighted by atomic mass is 10.1. The molecule has 15 heavy (non-hydrogen) atoms. The maximum absolute atomic E-state index is 5.17. The Hall–Kier alpha value is 0.400. The highest BCUT2D eigenvalue weighted by Gasteiger charge is 2.25. The van der Waals surface area contributed by atoms with E-state index in [1.54, 1.807) is 7.11 Å². The van der Waals surface area contributed by atoms with E-state index in [0.717, 1.165) is 24.4 Å². The summed E-state index contributed by atoms with van der Waals surface area (Å²) >= 11 is 3.56. The third-order valence-electron chi connectivity index (χ3n) is 3.44. The summed E-state index contributed by atoms with van der Waals surface area (Å²) in [6.45, 7) is 4.39. The lowest BCUT2D eigenvalue weighted by Crippen LogP contribution is -2.42. The van der Waals surface area contributed by atoms with E-state index >= 15 is 0 Å². The summed E-state index contributed by atoms with van der Waals surface area (Å²) in [5.41, 5.74) is 0. The average Bonchev–Trinajstić information content (AvgIpc) is 2.75. The minimum atomic E-state index is 0.658. The molecule has 1 rings (SSSR count). The van der Waals surface area contributed by atoms with Crippen molar-refractivity contribution in [1.82, 2.24) is 4.90 Å². The Morgan fingerprint density at radius 2 is 2.07 bits per heavy atom. The zero-order valence-corrected chi connectivity index (χ0v) is 11.6. The van der Waals surface area contributed by atoms with Crippen molar-refractivity contribution in [3.05, 3.63) is 0 Å². The minimum absolute atomic E-state index is 0.658. The summed E-state index contributed by atoms with van der Waals surface area (Å²) in [5, 5.41) is 1.08. The molecule has 0 aromatic heterocycles. The highest BCUT2D eigenvalue weighted by Crippen LogP contribution is 2.25. The van der Waals surface area contributed by atoms with Gasteiger partial charge < -0.3 is 4.74 Å². The van der Waals surface area contributed by atoms with Gasteiger partial charge in [0.15, 0.2) is 0 Å². The second-order valence-electron chi connectivity index (χ2n) is 4.50. The first-order valence-electron chi connectivity index (χ1n) is 6.10. The van der Waals surface area contributed by atoms with Crippen LogP contribution in [-0.2, 0) is 4.74 Å². The van der Waals surface area contributed by atoms with Gasteiger partial charge in [-0.05, 0) is 26.2 Å². The van der Waals surface area contributed by atoms with Crippen molar-refractivity contribution in [2.75, 3.05) is 25.6 Å². The topological polar surface area (TPSA) is 12.5 Å². The van der Waals surface area contributed by atoms with Crippen LogP contribution in [0, 0.1) is 0 Å². The molecule has 0 aliphatic heterocycles. The van der Waals surface area contributed by atoms with Crippen LogP contribution in [0.2, 0.25) is 0 Å². The van der Waals surface area contributed by atoms with E-state index in [1.165, 1.54) is 32.2 Å². The molecule has 0 N–H and O–H groups in total. The van der Waals surface area contributed by atoms with E-state index in [2.05, 4.69) is 27.8 Å². The van der Waals surface area contributed by atoms with E-state index in [4.69, 9.17) is 4.74 Å². The molecule has 0 amide bonds. The molecule has 0 bridgehead atoms. The third kappa shape index (κ3) is 4.41. The Morgan fingerprint density at radius 1 is 1.40 bits per heavy atom. The zero-order valence-electron chi connectivity index (χ0n) is 10.0. The molecule has 0 spiro atoms. The predicted octanol–water partition coefficient (Wildman–Crippen LogP) is 3.05. The monoisotopic (exact) mass is 277 g/mol. The van der Waals surface area contributed by atoms with Crippen molar-refractivity contribution < 1.29 is 4.74 Å². The fourth-order valence-electron chi connectivity index (χ4n) is 2.55. The van der Waals surface area contributed by atoms with Gasteiger partial charge in [0.1, 0.15) is 0 Å². The van der Waals surface area contributed by atoms with Crippen LogP contribution in [-0.4, -0.2) is 42.6 Å². The smallest absolute Gasteiger partial charge is 0.0477 e. The van der Waals surface area contributed by atoms with Crippen LogP contribution in [0.15, 0.2) is 0 Å². The molecule has 1 aliphatic rings. The van der Waals surface area contributed by atoms with Gasteiger partial charge in [-0.1, -0.05) is 28.8 Å². The lowest BCUT2D eigenvalue weighted by molar-refractivity contribution is 0.112. The van der Waals surface area contributed by atoms with Crippen LogP contribution in [0.1, 0.15) is 39.0 Å². The molecule has 0 saturated heterocycles. The minimum Gasteiger partial charge on any atom is -0.385 e. The molecule has 1 unspecified atom stereocenters. The fraction of sp³-hybridized carbons (Fsp3) is 1.00. The van der Waals surface area contributed by atoms with Gasteiger partial charge >= 0.3 is 0 Å². The van der Waals surface area contributed by atoms with Crippen molar-refractivity contribution in [2.45, 2.75) is 51.1 Å². The number of methoxy groups -OCH3 is 1. The summed E-state index contributed by atoms with van der Waals surface area (Å²) in [7, 11) is 1.79. The molecule has 0 radical (unpaired) electrons. The van der Waals surface area contributed by atoms with Gasteiger partial charge in [0.25, 0.3) is 0 Å². The van der Waals surface area contributed by atoms with Crippen LogP contribution >= 0.6 is 15.9 Å². The summed E-state index contributed by atoms with van der Waals surface area (Å²) in [5.74, 6) is 0. The first-order valence-corrected chi connectivity index (χ1v) is 7.22. The summed E-state index contributed by atoms with van der Waals surface area (Å²) in [4.78, 5) is 2.67. The van der Waals surface area contributed by atoms with Gasteiger partial charge in [-0.25, -0.2) is 0 Å². The Kier molecular flexibility index (Phi) is 6.86. The average molecular weight is 278 g/mol. The summed E-state index contributed by atoms with van der Waals surface area (Å²) in [6.07, 6.45) is 6.77. The second-order valence-corrected chi connectivity index (χ2v) is 5.29. The normalized spacial score (nSPS) is 20.0. The van der Waals surface area contributed by atoms with Gasteiger partial charge in [0.05, 0.1) is 0 Å². The van der Waals surface area contributed by atoms with Gasteiger partial charge in [0.2, 0.25) is 0 Å². The van der Waals surface area contributed by atoms with Gasteiger partial charge in [-0.3, -0.25) is 4.90 Å². The molecule has 1 fully saturated rings. The SMILES string of the molecule is COCCC(C)N(CCBr)C1CCCC1. The fourth-order valence-corrected chi connectivity index (χ4v) is 2.96. The third-order valence-corrected chi connectivity index (χ3v) is 3.80. The lowest BCUT2D eigenvalue weighted by Gasteiger charge is -2.34. The maximum atomic E-state index is 5.17. The largest absolute Gasteiger partial charge is 0.385 e. The van der Waals surface area contributed by atoms with E-state index < -0.39 is 0 Å². The quantitative estimate of drug-likeness (QED) is 0.664. The molecular formula is C12H24BrNO. The Labute approximate surface area is 102 Å². The number of hydrogen-bond donors (Lipinski definition) is 0. The molecule has 90 valence electrons. The molecule has 1 saturated carbocycles. The number of nitrogens with zero attached hydrogens (tertiary/aromatic N) is 1. The Balaban J connectivity index is 2.39. The van der Waals surface area contributed by atoms with Crippen molar-refractivity contribution in [1.29, 1.82) is 0 Å². The van der Waals surface area contributed by atoms with Crippen LogP contribution in [0.5, 0.6) is 0 Å². The molecule has 0 heterocycles. The van der Waals surface area contributed by atoms with Gasteiger partial charge in [-0.15, -0.1) is 0 Å². The highest BCUT2D eigenvalue weighted by atomic mass is 79.9. The molecule has 0 aromatic rings. The van der Waals surface area contributed by atoms with E-state index in [-0.39, 0.29) is 0 Å². The van der Waals surface area contributed by atoms with Crippen LogP contribution in [0.3, 0.4) is 0 Å². The van der Waals surface area contributed by atoms with Crippen molar-refractivity contribution in [3.63, 3.8) is 0 Å². The Bertz CT molecular complexity index is 160. The standard InChI is InChI=1S/C12H24BrNO/c1-11(7-10-15-2)14(9-8-13)12-5-3-4-6-12/h11-12H,3-10H2,1-2H3. The molecule has 1 aliphatic carbocycles. The molecular weight excluding hydrogens is 254 g/mol. The Morgan fingerprint density at radius 3 is 2.60 bits per heavy atom. The van der Waals surface area contributed by atoms with E-state index in [9.17, 15) is 0 Å². The van der Waals surface area contributed by atoms with Crippen molar-refractivity contribution >= 4 is 15.9 Å². The number of alkyl halides is 1. The van der Waals surface area contributed by atoms with Crippen LogP contribution in [0.25, 0.3) is 0 Å². The van der Waals surface area contributed by atoms with E-state index in [0.29, 0.717) is 6.04 Å². The summed E-state index contributed by atoms with van der Waals surface area (Å²) in [6, 6.07) is 1.49. The van der Waals surface area contributed by atoms with Gasteiger partial charge in [0, 0.05) is 37.7 Å². The zero-order chi connectivity index (χ0) is 11.1. The number of halogens is 1. The molecule has 1 atom stereocenters. The number of rotatable bonds is 7. The first-order chi connectivity index (χ1) is 7.29. The maximum Gasteiger partial charge on any atom is 0.0477 e. The molecule has 0 aromatic carbocycles. The van der Waals surface area contributed by atoms with Crippen molar-refractivity contribution in [3.8, 4) is 0 Å². The number of hydrogen-bond acceptors (Lipinski definition) is 2. The van der Waals surface area contributed by atoms with Gasteiger partial charge in [-0.2, -0.15) is 0 Å². The number of ether oxygens (including phenoxy) is 1. The molecule has 2 nitrogen and oxygen atoms in total. The predicted molar refractivity (Wildman–Crippen MR) is 68.7 cm³/mol.